The number of H-pyrrole nitrogens is 1. The van der Waals surface area contributed by atoms with Crippen LogP contribution in [0.25, 0.3) is 11.0 Å². The lowest BCUT2D eigenvalue weighted by Crippen LogP contribution is -2.52. The van der Waals surface area contributed by atoms with Crippen LogP contribution in [0.2, 0.25) is 0 Å². The SMILES string of the molecule is COc1cc(F)c2[nH]c(=O)n(C3CCN(C(=O)O)C(C(C)(C)C)C3)c2c1. The minimum Gasteiger partial charge on any atom is -0.497 e. The van der Waals surface area contributed by atoms with Gasteiger partial charge in [-0.3, -0.25) is 4.57 Å². The lowest BCUT2D eigenvalue weighted by Gasteiger charge is -2.44. The quantitative estimate of drug-likeness (QED) is 0.855. The van der Waals surface area contributed by atoms with Gasteiger partial charge in [0.1, 0.15) is 11.3 Å². The number of hydrogen-bond acceptors (Lipinski definition) is 3. The lowest BCUT2D eigenvalue weighted by atomic mass is 9.79. The molecule has 1 aliphatic rings. The zero-order chi connectivity index (χ0) is 19.2. The summed E-state index contributed by atoms with van der Waals surface area (Å²) in [6.45, 7) is 6.28. The molecule has 2 aromatic rings. The summed E-state index contributed by atoms with van der Waals surface area (Å²) in [4.78, 5) is 28.1. The van der Waals surface area contributed by atoms with Gasteiger partial charge in [-0.05, 0) is 18.3 Å². The van der Waals surface area contributed by atoms with E-state index in [0.717, 1.165) is 0 Å². The van der Waals surface area contributed by atoms with Crippen LogP contribution in [0, 0.1) is 11.2 Å². The van der Waals surface area contributed by atoms with E-state index in [1.807, 2.05) is 20.8 Å². The van der Waals surface area contributed by atoms with Crippen LogP contribution >= 0.6 is 0 Å². The van der Waals surface area contributed by atoms with Crippen LogP contribution in [-0.2, 0) is 0 Å². The number of carboxylic acid groups (broad SMARTS) is 1. The van der Waals surface area contributed by atoms with Gasteiger partial charge in [-0.1, -0.05) is 20.8 Å². The molecule has 0 bridgehead atoms. The molecule has 1 aromatic heterocycles. The summed E-state index contributed by atoms with van der Waals surface area (Å²) >= 11 is 0. The molecular formula is C18H24FN3O4. The van der Waals surface area contributed by atoms with Crippen molar-refractivity contribution in [2.45, 2.75) is 45.7 Å². The first-order valence-electron chi connectivity index (χ1n) is 8.60. The number of nitrogens with zero attached hydrogens (tertiary/aromatic N) is 2. The van der Waals surface area contributed by atoms with E-state index in [4.69, 9.17) is 4.74 Å². The van der Waals surface area contributed by atoms with Crippen molar-refractivity contribution in [3.05, 3.63) is 28.4 Å². The number of methoxy groups -OCH3 is 1. The number of hydrogen-bond donors (Lipinski definition) is 2. The summed E-state index contributed by atoms with van der Waals surface area (Å²) in [5.74, 6) is -0.219. The number of imidazole rings is 1. The predicted octanol–water partition coefficient (Wildman–Crippen LogP) is 3.21. The Bertz CT molecular complexity index is 896. The molecule has 1 fully saturated rings. The smallest absolute Gasteiger partial charge is 0.407 e. The minimum absolute atomic E-state index is 0.142. The number of amides is 1. The van der Waals surface area contributed by atoms with E-state index >= 15 is 0 Å². The van der Waals surface area contributed by atoms with Gasteiger partial charge in [-0.25, -0.2) is 14.0 Å². The van der Waals surface area contributed by atoms with Gasteiger partial charge in [0.2, 0.25) is 0 Å². The molecule has 26 heavy (non-hydrogen) atoms. The Morgan fingerprint density at radius 1 is 1.38 bits per heavy atom. The highest BCUT2D eigenvalue weighted by atomic mass is 19.1. The van der Waals surface area contributed by atoms with Gasteiger partial charge in [0.05, 0.1) is 12.6 Å². The molecule has 2 N–H and O–H groups in total. The Labute approximate surface area is 150 Å². The number of aromatic amines is 1. The number of piperidine rings is 1. The predicted molar refractivity (Wildman–Crippen MR) is 95.3 cm³/mol. The normalized spacial score (nSPS) is 21.2. The average molecular weight is 365 g/mol. The summed E-state index contributed by atoms with van der Waals surface area (Å²) in [5.41, 5.74) is -0.0962. The summed E-state index contributed by atoms with van der Waals surface area (Å²) in [6, 6.07) is 2.40. The Morgan fingerprint density at radius 2 is 2.08 bits per heavy atom. The molecular weight excluding hydrogens is 341 g/mol. The van der Waals surface area contributed by atoms with Crippen molar-refractivity contribution >= 4 is 17.1 Å². The minimum atomic E-state index is -0.956. The molecule has 2 heterocycles. The van der Waals surface area contributed by atoms with Crippen LogP contribution in [0.5, 0.6) is 5.75 Å². The van der Waals surface area contributed by atoms with E-state index in [9.17, 15) is 19.1 Å². The average Bonchev–Trinajstić information content (AvgIpc) is 2.90. The monoisotopic (exact) mass is 365 g/mol. The van der Waals surface area contributed by atoms with Crippen molar-refractivity contribution in [1.29, 1.82) is 0 Å². The molecule has 142 valence electrons. The third-order valence-electron chi connectivity index (χ3n) is 5.17. The van der Waals surface area contributed by atoms with E-state index in [2.05, 4.69) is 4.98 Å². The van der Waals surface area contributed by atoms with E-state index in [1.165, 1.54) is 18.1 Å². The van der Waals surface area contributed by atoms with E-state index in [0.29, 0.717) is 30.7 Å². The van der Waals surface area contributed by atoms with Crippen molar-refractivity contribution < 1.29 is 19.0 Å². The van der Waals surface area contributed by atoms with Gasteiger partial charge < -0.3 is 19.7 Å². The highest BCUT2D eigenvalue weighted by Gasteiger charge is 2.40. The molecule has 7 nitrogen and oxygen atoms in total. The fourth-order valence-electron chi connectivity index (χ4n) is 3.87. The van der Waals surface area contributed by atoms with E-state index in [1.54, 1.807) is 10.6 Å². The first-order chi connectivity index (χ1) is 12.1. The first kappa shape index (κ1) is 18.3. The maximum Gasteiger partial charge on any atom is 0.407 e. The molecule has 0 spiro atoms. The molecule has 0 saturated carbocycles. The number of fused-ring (bicyclic) bond motifs is 1. The molecule has 8 heteroatoms. The molecule has 0 aliphatic carbocycles. The zero-order valence-electron chi connectivity index (χ0n) is 15.4. The zero-order valence-corrected chi connectivity index (χ0v) is 15.4. The molecule has 1 aromatic carbocycles. The Balaban J connectivity index is 2.07. The van der Waals surface area contributed by atoms with Gasteiger partial charge in [0, 0.05) is 30.8 Å². The third kappa shape index (κ3) is 3.04. The fraction of sp³-hybridized carbons (Fsp3) is 0.556. The second kappa shape index (κ2) is 6.34. The van der Waals surface area contributed by atoms with Gasteiger partial charge in [-0.15, -0.1) is 0 Å². The molecule has 1 saturated heterocycles. The highest BCUT2D eigenvalue weighted by Crippen LogP contribution is 2.37. The number of rotatable bonds is 2. The molecule has 1 aliphatic heterocycles. The van der Waals surface area contributed by atoms with Crippen molar-refractivity contribution in [2.24, 2.45) is 5.41 Å². The lowest BCUT2D eigenvalue weighted by molar-refractivity contribution is 0.0430. The second-order valence-corrected chi connectivity index (χ2v) is 7.84. The maximum atomic E-state index is 14.3. The van der Waals surface area contributed by atoms with Crippen LogP contribution in [0.1, 0.15) is 39.7 Å². The molecule has 3 rings (SSSR count). The Morgan fingerprint density at radius 3 is 2.65 bits per heavy atom. The summed E-state index contributed by atoms with van der Waals surface area (Å²) in [6.07, 6.45) is 0.0221. The largest absolute Gasteiger partial charge is 0.497 e. The molecule has 2 atom stereocenters. The molecule has 2 unspecified atom stereocenters. The number of benzene rings is 1. The number of halogens is 1. The first-order valence-corrected chi connectivity index (χ1v) is 8.60. The van der Waals surface area contributed by atoms with Crippen molar-refractivity contribution in [3.63, 3.8) is 0 Å². The Hall–Kier alpha value is -2.51. The fourth-order valence-corrected chi connectivity index (χ4v) is 3.87. The third-order valence-corrected chi connectivity index (χ3v) is 5.17. The van der Waals surface area contributed by atoms with Gasteiger partial charge in [0.25, 0.3) is 0 Å². The van der Waals surface area contributed by atoms with Crippen molar-refractivity contribution in [1.82, 2.24) is 14.5 Å². The number of likely N-dealkylation sites (tertiary alicyclic amines) is 1. The van der Waals surface area contributed by atoms with Crippen LogP contribution in [0.3, 0.4) is 0 Å². The maximum absolute atomic E-state index is 14.3. The number of nitrogens with one attached hydrogen (secondary N) is 1. The van der Waals surface area contributed by atoms with Gasteiger partial charge >= 0.3 is 11.8 Å². The van der Waals surface area contributed by atoms with Crippen LogP contribution in [-0.4, -0.2) is 45.3 Å². The van der Waals surface area contributed by atoms with E-state index < -0.39 is 17.6 Å². The van der Waals surface area contributed by atoms with Gasteiger partial charge in [0.15, 0.2) is 5.82 Å². The van der Waals surface area contributed by atoms with E-state index in [-0.39, 0.29) is 23.0 Å². The summed E-state index contributed by atoms with van der Waals surface area (Å²) in [7, 11) is 1.44. The summed E-state index contributed by atoms with van der Waals surface area (Å²) in [5, 5.41) is 9.50. The number of aromatic nitrogens is 2. The topological polar surface area (TPSA) is 87.6 Å². The van der Waals surface area contributed by atoms with Crippen molar-refractivity contribution in [2.75, 3.05) is 13.7 Å². The number of carbonyl (C=O) groups is 1. The highest BCUT2D eigenvalue weighted by molar-refractivity contribution is 5.78. The standard InChI is InChI=1S/C18H24FN3O4/c1-18(2,3)14-7-10(5-6-21(14)17(24)25)22-13-9-11(26-4)8-12(19)15(13)20-16(22)23/h8-10,14H,5-7H2,1-4H3,(H,20,23)(H,24,25). The Kier molecular flexibility index (Phi) is 4.46. The van der Waals surface area contributed by atoms with Gasteiger partial charge in [-0.2, -0.15) is 0 Å². The molecule has 1 amide bonds. The second-order valence-electron chi connectivity index (χ2n) is 7.84. The van der Waals surface area contributed by atoms with Crippen LogP contribution < -0.4 is 10.4 Å². The summed E-state index contributed by atoms with van der Waals surface area (Å²) < 4.78 is 20.9. The number of ether oxygens (including phenoxy) is 1. The molecule has 0 radical (unpaired) electrons. The van der Waals surface area contributed by atoms with Crippen LogP contribution in [0.4, 0.5) is 9.18 Å². The van der Waals surface area contributed by atoms with Crippen LogP contribution in [0.15, 0.2) is 16.9 Å². The van der Waals surface area contributed by atoms with Crippen molar-refractivity contribution in [3.8, 4) is 5.75 Å².